The van der Waals surface area contributed by atoms with Crippen molar-refractivity contribution in [1.82, 2.24) is 4.72 Å². The molecular formula is C20H27NO3S. The van der Waals surface area contributed by atoms with E-state index in [9.17, 15) is 8.42 Å². The van der Waals surface area contributed by atoms with Crippen LogP contribution >= 0.6 is 0 Å². The Bertz CT molecular complexity index is 811. The van der Waals surface area contributed by atoms with Crippen molar-refractivity contribution in [2.75, 3.05) is 7.11 Å². The molecule has 0 saturated heterocycles. The molecule has 0 bridgehead atoms. The van der Waals surface area contributed by atoms with Gasteiger partial charge in [0.1, 0.15) is 5.75 Å². The molecule has 2 rings (SSSR count). The number of aryl methyl sites for hydroxylation is 1. The molecule has 0 heterocycles. The average molecular weight is 362 g/mol. The minimum absolute atomic E-state index is 0.170. The average Bonchev–Trinajstić information content (AvgIpc) is 2.60. The molecule has 2 aromatic carbocycles. The maximum Gasteiger partial charge on any atom is 0.241 e. The number of benzene rings is 2. The first-order valence-corrected chi connectivity index (χ1v) is 10.1. The van der Waals surface area contributed by atoms with Crippen LogP contribution in [0.25, 0.3) is 0 Å². The minimum atomic E-state index is -3.61. The third-order valence-electron chi connectivity index (χ3n) is 4.35. The van der Waals surface area contributed by atoms with Gasteiger partial charge in [-0.2, -0.15) is 0 Å². The van der Waals surface area contributed by atoms with Gasteiger partial charge in [-0.05, 0) is 54.2 Å². The zero-order valence-electron chi connectivity index (χ0n) is 15.5. The molecule has 0 spiro atoms. The number of ether oxygens (including phenoxy) is 1. The van der Waals surface area contributed by atoms with Crippen molar-refractivity contribution in [2.45, 2.75) is 51.0 Å². The highest BCUT2D eigenvalue weighted by Gasteiger charge is 2.20. The second kappa shape index (κ2) is 8.02. The first-order valence-electron chi connectivity index (χ1n) is 8.57. The Balaban J connectivity index is 2.27. The van der Waals surface area contributed by atoms with Gasteiger partial charge in [-0.15, -0.1) is 0 Å². The van der Waals surface area contributed by atoms with E-state index in [1.54, 1.807) is 25.3 Å². The van der Waals surface area contributed by atoms with Crippen molar-refractivity contribution < 1.29 is 13.2 Å². The molecule has 4 nitrogen and oxygen atoms in total. The van der Waals surface area contributed by atoms with Crippen LogP contribution in [0.1, 0.15) is 56.3 Å². The fourth-order valence-electron chi connectivity index (χ4n) is 2.74. The molecule has 1 N–H and O–H groups in total. The molecule has 0 radical (unpaired) electrons. The maximum absolute atomic E-state index is 12.8. The Kier molecular flexibility index (Phi) is 6.25. The largest absolute Gasteiger partial charge is 0.496 e. The number of sulfonamides is 1. The number of nitrogens with one attached hydrogen (secondary N) is 1. The van der Waals surface area contributed by atoms with Crippen LogP contribution in [0.15, 0.2) is 47.4 Å². The van der Waals surface area contributed by atoms with E-state index in [1.165, 1.54) is 5.56 Å². The molecule has 0 aromatic heterocycles. The van der Waals surface area contributed by atoms with E-state index in [4.69, 9.17) is 4.74 Å². The number of methoxy groups -OCH3 is 1. The first kappa shape index (κ1) is 19.5. The molecule has 0 aliphatic carbocycles. The molecule has 5 heteroatoms. The van der Waals surface area contributed by atoms with Gasteiger partial charge in [-0.3, -0.25) is 0 Å². The van der Waals surface area contributed by atoms with Gasteiger partial charge < -0.3 is 4.74 Å². The van der Waals surface area contributed by atoms with E-state index in [0.29, 0.717) is 5.75 Å². The summed E-state index contributed by atoms with van der Waals surface area (Å²) in [7, 11) is -2.02. The highest BCUT2D eigenvalue weighted by molar-refractivity contribution is 7.89. The van der Waals surface area contributed by atoms with Gasteiger partial charge in [0.25, 0.3) is 0 Å². The molecule has 0 amide bonds. The van der Waals surface area contributed by atoms with Crippen LogP contribution in [0, 0.1) is 0 Å². The summed E-state index contributed by atoms with van der Waals surface area (Å²) in [5.41, 5.74) is 3.05. The van der Waals surface area contributed by atoms with Crippen LogP contribution in [-0.2, 0) is 16.4 Å². The lowest BCUT2D eigenvalue weighted by Crippen LogP contribution is -2.27. The van der Waals surface area contributed by atoms with Gasteiger partial charge >= 0.3 is 0 Å². The quantitative estimate of drug-likeness (QED) is 0.794. The summed E-state index contributed by atoms with van der Waals surface area (Å²) in [5.74, 6) is 0.876. The fourth-order valence-corrected chi connectivity index (χ4v) is 4.01. The minimum Gasteiger partial charge on any atom is -0.496 e. The van der Waals surface area contributed by atoms with Crippen molar-refractivity contribution >= 4 is 10.0 Å². The van der Waals surface area contributed by atoms with Crippen molar-refractivity contribution in [1.29, 1.82) is 0 Å². The van der Waals surface area contributed by atoms with Crippen molar-refractivity contribution in [2.24, 2.45) is 0 Å². The molecule has 0 aliphatic rings. The van der Waals surface area contributed by atoms with Gasteiger partial charge in [0.05, 0.1) is 12.0 Å². The summed E-state index contributed by atoms with van der Waals surface area (Å²) in [5, 5.41) is 0. The van der Waals surface area contributed by atoms with Crippen LogP contribution in [0.4, 0.5) is 0 Å². The summed E-state index contributed by atoms with van der Waals surface area (Å²) < 4.78 is 33.6. The van der Waals surface area contributed by atoms with Crippen molar-refractivity contribution in [3.05, 3.63) is 59.2 Å². The molecule has 2 aromatic rings. The molecule has 1 atom stereocenters. The zero-order chi connectivity index (χ0) is 18.6. The Morgan fingerprint density at radius 3 is 2.20 bits per heavy atom. The molecule has 0 aliphatic heterocycles. The lowest BCUT2D eigenvalue weighted by atomic mass is 10.0. The second-order valence-electron chi connectivity index (χ2n) is 6.50. The van der Waals surface area contributed by atoms with Gasteiger partial charge in [0, 0.05) is 6.04 Å². The molecule has 136 valence electrons. The Morgan fingerprint density at radius 2 is 1.68 bits per heavy atom. The topological polar surface area (TPSA) is 55.4 Å². The zero-order valence-corrected chi connectivity index (χ0v) is 16.4. The smallest absolute Gasteiger partial charge is 0.241 e. The van der Waals surface area contributed by atoms with E-state index in [-0.39, 0.29) is 16.9 Å². The van der Waals surface area contributed by atoms with E-state index in [1.807, 2.05) is 45.0 Å². The number of hydrogen-bond donors (Lipinski definition) is 1. The van der Waals surface area contributed by atoms with Crippen LogP contribution in [-0.4, -0.2) is 15.5 Å². The third-order valence-corrected chi connectivity index (χ3v) is 5.89. The summed E-state index contributed by atoms with van der Waals surface area (Å²) in [4.78, 5) is 0.258. The van der Waals surface area contributed by atoms with Crippen LogP contribution in [0.2, 0.25) is 0 Å². The second-order valence-corrected chi connectivity index (χ2v) is 8.21. The molecule has 0 fully saturated rings. The standard InChI is InChI=1S/C20H27NO3S/c1-6-16-7-9-17(10-8-16)15(4)21-25(22,23)18-11-12-20(24-5)19(13-18)14(2)3/h7-15,21H,6H2,1-5H3/t15-/m1/s1. The maximum atomic E-state index is 12.8. The van der Waals surface area contributed by atoms with E-state index in [0.717, 1.165) is 17.5 Å². The van der Waals surface area contributed by atoms with E-state index >= 15 is 0 Å². The summed E-state index contributed by atoms with van der Waals surface area (Å²) in [6.07, 6.45) is 0.963. The lowest BCUT2D eigenvalue weighted by molar-refractivity contribution is 0.407. The lowest BCUT2D eigenvalue weighted by Gasteiger charge is -2.17. The van der Waals surface area contributed by atoms with Gasteiger partial charge in [-0.1, -0.05) is 45.0 Å². The van der Waals surface area contributed by atoms with Crippen LogP contribution in [0.3, 0.4) is 0 Å². The predicted molar refractivity (Wildman–Crippen MR) is 102 cm³/mol. The molecule has 0 unspecified atom stereocenters. The predicted octanol–water partition coefficient (Wildman–Crippen LogP) is 4.42. The van der Waals surface area contributed by atoms with Crippen molar-refractivity contribution in [3.63, 3.8) is 0 Å². The Labute approximate surface area is 151 Å². The summed E-state index contributed by atoms with van der Waals surface area (Å²) in [6.45, 7) is 7.97. The summed E-state index contributed by atoms with van der Waals surface area (Å²) in [6, 6.07) is 12.7. The summed E-state index contributed by atoms with van der Waals surface area (Å²) >= 11 is 0. The van der Waals surface area contributed by atoms with Crippen LogP contribution < -0.4 is 9.46 Å². The Morgan fingerprint density at radius 1 is 1.04 bits per heavy atom. The first-order chi connectivity index (χ1) is 11.8. The Hall–Kier alpha value is -1.85. The van der Waals surface area contributed by atoms with Gasteiger partial charge in [0.15, 0.2) is 0 Å². The van der Waals surface area contributed by atoms with Crippen molar-refractivity contribution in [3.8, 4) is 5.75 Å². The molecule has 25 heavy (non-hydrogen) atoms. The third kappa shape index (κ3) is 4.61. The highest BCUT2D eigenvalue weighted by Crippen LogP contribution is 2.29. The normalized spacial score (nSPS) is 13.0. The SMILES string of the molecule is CCc1ccc([C@@H](C)NS(=O)(=O)c2ccc(OC)c(C(C)C)c2)cc1. The van der Waals surface area contributed by atoms with E-state index in [2.05, 4.69) is 11.6 Å². The van der Waals surface area contributed by atoms with Gasteiger partial charge in [-0.25, -0.2) is 13.1 Å². The molecular weight excluding hydrogens is 334 g/mol. The fraction of sp³-hybridized carbons (Fsp3) is 0.400. The monoisotopic (exact) mass is 361 g/mol. The van der Waals surface area contributed by atoms with Crippen LogP contribution in [0.5, 0.6) is 5.75 Å². The van der Waals surface area contributed by atoms with Gasteiger partial charge in [0.2, 0.25) is 10.0 Å². The molecule has 0 saturated carbocycles. The van der Waals surface area contributed by atoms with E-state index < -0.39 is 10.0 Å². The number of rotatable bonds is 7. The number of hydrogen-bond acceptors (Lipinski definition) is 3. The highest BCUT2D eigenvalue weighted by atomic mass is 32.2.